The second kappa shape index (κ2) is 5.66. The lowest BCUT2D eigenvalue weighted by molar-refractivity contribution is -0.150. The maximum absolute atomic E-state index is 12.4. The first-order valence-corrected chi connectivity index (χ1v) is 6.81. The van der Waals surface area contributed by atoms with Crippen LogP contribution in [-0.2, 0) is 0 Å². The number of rotatable bonds is 2. The lowest BCUT2D eigenvalue weighted by Gasteiger charge is -2.41. The number of anilines is 1. The topological polar surface area (TPSA) is 19.4 Å². The minimum absolute atomic E-state index is 0.130. The summed E-state index contributed by atoms with van der Waals surface area (Å²) < 4.78 is 38.1. The van der Waals surface area contributed by atoms with Gasteiger partial charge in [-0.25, -0.2) is 0 Å². The van der Waals surface area contributed by atoms with E-state index in [1.165, 1.54) is 4.90 Å². The molecule has 0 bridgehead atoms. The Morgan fingerprint density at radius 3 is 2.68 bits per heavy atom. The van der Waals surface area contributed by atoms with E-state index < -0.39 is 12.7 Å². The van der Waals surface area contributed by atoms with Gasteiger partial charge in [-0.05, 0) is 28.9 Å². The number of halogens is 4. The molecule has 1 aliphatic heterocycles. The molecule has 0 N–H and O–H groups in total. The van der Waals surface area contributed by atoms with Crippen molar-refractivity contribution in [1.29, 1.82) is 0 Å². The fraction of sp³-hybridized carbons (Fsp3) is 0.583. The number of hydrogen-bond donors (Lipinski definition) is 0. The van der Waals surface area contributed by atoms with Crippen molar-refractivity contribution in [2.75, 3.05) is 31.1 Å². The molecule has 0 saturated carbocycles. The monoisotopic (exact) mass is 337 g/mol. The SMILES string of the molecule is CC1CN(c2cncc(Br)c2)CCN1CC(F)(F)F. The Kier molecular flexibility index (Phi) is 4.35. The quantitative estimate of drug-likeness (QED) is 0.827. The zero-order valence-corrected chi connectivity index (χ0v) is 12.1. The van der Waals surface area contributed by atoms with Gasteiger partial charge in [-0.1, -0.05) is 0 Å². The minimum Gasteiger partial charge on any atom is -0.367 e. The second-order valence-electron chi connectivity index (χ2n) is 4.74. The third-order valence-electron chi connectivity index (χ3n) is 3.20. The Bertz CT molecular complexity index is 438. The molecule has 0 aliphatic carbocycles. The fourth-order valence-electron chi connectivity index (χ4n) is 2.27. The maximum Gasteiger partial charge on any atom is 0.401 e. The van der Waals surface area contributed by atoms with Crippen molar-refractivity contribution in [1.82, 2.24) is 9.88 Å². The Hall–Kier alpha value is -0.820. The van der Waals surface area contributed by atoms with Gasteiger partial charge in [0.05, 0.1) is 18.4 Å². The van der Waals surface area contributed by atoms with Crippen LogP contribution >= 0.6 is 15.9 Å². The van der Waals surface area contributed by atoms with Crippen LogP contribution in [0.25, 0.3) is 0 Å². The molecule has 0 aromatic carbocycles. The van der Waals surface area contributed by atoms with Gasteiger partial charge in [-0.3, -0.25) is 9.88 Å². The first kappa shape index (κ1) is 14.6. The lowest BCUT2D eigenvalue weighted by Crippen LogP contribution is -2.54. The van der Waals surface area contributed by atoms with Gasteiger partial charge in [0.15, 0.2) is 0 Å². The number of alkyl halides is 3. The van der Waals surface area contributed by atoms with Crippen LogP contribution in [0.15, 0.2) is 22.9 Å². The molecule has 2 heterocycles. The zero-order valence-electron chi connectivity index (χ0n) is 10.5. The number of nitrogens with zero attached hydrogens (tertiary/aromatic N) is 3. The summed E-state index contributed by atoms with van der Waals surface area (Å²) in [5, 5.41) is 0. The maximum atomic E-state index is 12.4. The average Bonchev–Trinajstić information content (AvgIpc) is 2.30. The van der Waals surface area contributed by atoms with E-state index in [1.807, 2.05) is 13.0 Å². The fourth-order valence-corrected chi connectivity index (χ4v) is 2.62. The molecule has 106 valence electrons. The van der Waals surface area contributed by atoms with Crippen molar-refractivity contribution < 1.29 is 13.2 Å². The van der Waals surface area contributed by atoms with E-state index in [-0.39, 0.29) is 6.04 Å². The Morgan fingerprint density at radius 2 is 2.11 bits per heavy atom. The lowest BCUT2D eigenvalue weighted by atomic mass is 10.1. The van der Waals surface area contributed by atoms with Crippen LogP contribution in [0.4, 0.5) is 18.9 Å². The summed E-state index contributed by atoms with van der Waals surface area (Å²) >= 11 is 3.35. The standard InChI is InChI=1S/C12H15BrF3N3/c1-9-7-18(11-4-10(13)5-17-6-11)2-3-19(9)8-12(14,15)16/h4-6,9H,2-3,7-8H2,1H3. The number of piperazine rings is 1. The van der Waals surface area contributed by atoms with Gasteiger partial charge in [0, 0.05) is 36.3 Å². The van der Waals surface area contributed by atoms with E-state index in [2.05, 4.69) is 25.8 Å². The molecular weight excluding hydrogens is 323 g/mol. The highest BCUT2D eigenvalue weighted by atomic mass is 79.9. The summed E-state index contributed by atoms with van der Waals surface area (Å²) in [6.07, 6.45) is -0.711. The molecule has 19 heavy (non-hydrogen) atoms. The van der Waals surface area contributed by atoms with E-state index in [4.69, 9.17) is 0 Å². The van der Waals surface area contributed by atoms with Crippen LogP contribution in [0.2, 0.25) is 0 Å². The molecule has 0 spiro atoms. The van der Waals surface area contributed by atoms with Gasteiger partial charge in [-0.15, -0.1) is 0 Å². The van der Waals surface area contributed by atoms with Crippen molar-refractivity contribution in [3.63, 3.8) is 0 Å². The van der Waals surface area contributed by atoms with Crippen molar-refractivity contribution in [2.45, 2.75) is 19.1 Å². The normalized spacial score (nSPS) is 21.7. The molecular formula is C12H15BrF3N3. The van der Waals surface area contributed by atoms with E-state index >= 15 is 0 Å². The molecule has 1 saturated heterocycles. The molecule has 7 heteroatoms. The van der Waals surface area contributed by atoms with Gasteiger partial charge in [0.2, 0.25) is 0 Å². The van der Waals surface area contributed by atoms with E-state index in [9.17, 15) is 13.2 Å². The summed E-state index contributed by atoms with van der Waals surface area (Å²) in [5.74, 6) is 0. The van der Waals surface area contributed by atoms with Crippen LogP contribution in [0.1, 0.15) is 6.92 Å². The van der Waals surface area contributed by atoms with Crippen molar-refractivity contribution >= 4 is 21.6 Å². The second-order valence-corrected chi connectivity index (χ2v) is 5.66. The highest BCUT2D eigenvalue weighted by Crippen LogP contribution is 2.24. The smallest absolute Gasteiger partial charge is 0.367 e. The van der Waals surface area contributed by atoms with Gasteiger partial charge < -0.3 is 4.90 Å². The summed E-state index contributed by atoms with van der Waals surface area (Å²) in [6.45, 7) is 2.56. The van der Waals surface area contributed by atoms with Crippen molar-refractivity contribution in [3.8, 4) is 0 Å². The van der Waals surface area contributed by atoms with Crippen LogP contribution in [-0.4, -0.2) is 48.3 Å². The number of aromatic nitrogens is 1. The first-order valence-electron chi connectivity index (χ1n) is 6.01. The van der Waals surface area contributed by atoms with E-state index in [1.54, 1.807) is 12.4 Å². The number of pyridine rings is 1. The average molecular weight is 338 g/mol. The van der Waals surface area contributed by atoms with Gasteiger partial charge >= 0.3 is 6.18 Å². The largest absolute Gasteiger partial charge is 0.401 e. The first-order chi connectivity index (χ1) is 8.85. The van der Waals surface area contributed by atoms with Crippen LogP contribution in [0.3, 0.4) is 0 Å². The van der Waals surface area contributed by atoms with Crippen LogP contribution in [0, 0.1) is 0 Å². The molecule has 1 aliphatic rings. The minimum atomic E-state index is -4.13. The predicted octanol–water partition coefficient (Wildman–Crippen LogP) is 2.92. The van der Waals surface area contributed by atoms with Gasteiger partial charge in [0.25, 0.3) is 0 Å². The molecule has 1 unspecified atom stereocenters. The molecule has 1 aromatic heterocycles. The molecule has 1 aromatic rings. The third kappa shape index (κ3) is 4.07. The van der Waals surface area contributed by atoms with Crippen molar-refractivity contribution in [3.05, 3.63) is 22.9 Å². The summed E-state index contributed by atoms with van der Waals surface area (Å²) in [6, 6.07) is 1.80. The van der Waals surface area contributed by atoms with Gasteiger partial charge in [0.1, 0.15) is 0 Å². The van der Waals surface area contributed by atoms with E-state index in [0.29, 0.717) is 19.6 Å². The Labute approximate surface area is 118 Å². The predicted molar refractivity (Wildman–Crippen MR) is 71.2 cm³/mol. The van der Waals surface area contributed by atoms with Crippen molar-refractivity contribution in [2.24, 2.45) is 0 Å². The van der Waals surface area contributed by atoms with Crippen LogP contribution < -0.4 is 4.90 Å². The number of hydrogen-bond acceptors (Lipinski definition) is 3. The molecule has 1 atom stereocenters. The summed E-state index contributed by atoms with van der Waals surface area (Å²) in [4.78, 5) is 7.62. The zero-order chi connectivity index (χ0) is 14.0. The van der Waals surface area contributed by atoms with Gasteiger partial charge in [-0.2, -0.15) is 13.2 Å². The molecule has 1 fully saturated rings. The summed E-state index contributed by atoms with van der Waals surface area (Å²) in [7, 11) is 0. The molecule has 0 amide bonds. The van der Waals surface area contributed by atoms with Crippen LogP contribution in [0.5, 0.6) is 0 Å². The highest BCUT2D eigenvalue weighted by Gasteiger charge is 2.35. The molecule has 3 nitrogen and oxygen atoms in total. The highest BCUT2D eigenvalue weighted by molar-refractivity contribution is 9.10. The summed E-state index contributed by atoms with van der Waals surface area (Å²) in [5.41, 5.74) is 0.938. The third-order valence-corrected chi connectivity index (χ3v) is 3.64. The van der Waals surface area contributed by atoms with E-state index in [0.717, 1.165) is 10.2 Å². The molecule has 0 radical (unpaired) electrons. The Balaban J connectivity index is 2.00. The Morgan fingerprint density at radius 1 is 1.37 bits per heavy atom. The molecule has 2 rings (SSSR count).